The monoisotopic (exact) mass is 251 g/mol. The van der Waals surface area contributed by atoms with E-state index < -0.39 is 0 Å². The lowest BCUT2D eigenvalue weighted by Gasteiger charge is -2.10. The van der Waals surface area contributed by atoms with Crippen molar-refractivity contribution in [3.05, 3.63) is 39.4 Å². The summed E-state index contributed by atoms with van der Waals surface area (Å²) >= 11 is 5.89. The van der Waals surface area contributed by atoms with Gasteiger partial charge >= 0.3 is 0 Å². The van der Waals surface area contributed by atoms with Gasteiger partial charge in [-0.1, -0.05) is 25.4 Å². The highest BCUT2D eigenvalue weighted by molar-refractivity contribution is 6.31. The molecule has 2 rings (SSSR count). The maximum Gasteiger partial charge on any atom is 0.279 e. The Hall–Kier alpha value is -1.55. The highest BCUT2D eigenvalue weighted by Crippen LogP contribution is 2.15. The van der Waals surface area contributed by atoms with Crippen LogP contribution in [0.2, 0.25) is 5.02 Å². The van der Waals surface area contributed by atoms with Gasteiger partial charge in [0.25, 0.3) is 5.56 Å². The van der Waals surface area contributed by atoms with Crippen molar-refractivity contribution < 1.29 is 0 Å². The average molecular weight is 252 g/mol. The SMILES string of the molecule is CC(C)Cc1nc2cc(Cl)ccc2c(=O)n1N. The molecule has 0 aliphatic rings. The second-order valence-corrected chi connectivity index (χ2v) is 4.90. The van der Waals surface area contributed by atoms with Crippen LogP contribution in [0.4, 0.5) is 0 Å². The van der Waals surface area contributed by atoms with Gasteiger partial charge in [0, 0.05) is 11.4 Å². The summed E-state index contributed by atoms with van der Waals surface area (Å²) in [6.45, 7) is 4.10. The zero-order valence-electron chi connectivity index (χ0n) is 9.77. The first-order valence-electron chi connectivity index (χ1n) is 5.45. The van der Waals surface area contributed by atoms with E-state index in [4.69, 9.17) is 17.4 Å². The summed E-state index contributed by atoms with van der Waals surface area (Å²) in [4.78, 5) is 16.4. The van der Waals surface area contributed by atoms with Crippen molar-refractivity contribution in [2.45, 2.75) is 20.3 Å². The third-order valence-corrected chi connectivity index (χ3v) is 2.76. The van der Waals surface area contributed by atoms with Gasteiger partial charge in [-0.05, 0) is 24.1 Å². The van der Waals surface area contributed by atoms with Gasteiger partial charge in [-0.15, -0.1) is 0 Å². The Morgan fingerprint density at radius 1 is 1.47 bits per heavy atom. The van der Waals surface area contributed by atoms with Gasteiger partial charge < -0.3 is 5.84 Å². The number of benzene rings is 1. The molecule has 17 heavy (non-hydrogen) atoms. The van der Waals surface area contributed by atoms with Gasteiger partial charge in [-0.2, -0.15) is 0 Å². The molecule has 0 radical (unpaired) electrons. The van der Waals surface area contributed by atoms with E-state index in [1.165, 1.54) is 0 Å². The predicted octanol–water partition coefficient (Wildman–Crippen LogP) is 1.96. The van der Waals surface area contributed by atoms with Crippen molar-refractivity contribution in [3.63, 3.8) is 0 Å². The van der Waals surface area contributed by atoms with Crippen molar-refractivity contribution in [2.24, 2.45) is 5.92 Å². The molecule has 0 spiro atoms. The summed E-state index contributed by atoms with van der Waals surface area (Å²) in [5.74, 6) is 6.71. The van der Waals surface area contributed by atoms with Gasteiger partial charge in [0.15, 0.2) is 0 Å². The summed E-state index contributed by atoms with van der Waals surface area (Å²) < 4.78 is 1.12. The fourth-order valence-electron chi connectivity index (χ4n) is 1.73. The van der Waals surface area contributed by atoms with Crippen LogP contribution in [-0.2, 0) is 6.42 Å². The molecular formula is C12H14ClN3O. The maximum absolute atomic E-state index is 12.0. The molecule has 2 aromatic rings. The van der Waals surface area contributed by atoms with Crippen molar-refractivity contribution in [1.29, 1.82) is 0 Å². The van der Waals surface area contributed by atoms with Gasteiger partial charge in [0.2, 0.25) is 0 Å². The number of rotatable bonds is 2. The van der Waals surface area contributed by atoms with Crippen LogP contribution in [0.5, 0.6) is 0 Å². The smallest absolute Gasteiger partial charge is 0.279 e. The number of aromatic nitrogens is 2. The van der Waals surface area contributed by atoms with E-state index in [0.29, 0.717) is 34.1 Å². The van der Waals surface area contributed by atoms with Crippen LogP contribution in [0.25, 0.3) is 10.9 Å². The van der Waals surface area contributed by atoms with E-state index in [2.05, 4.69) is 4.98 Å². The number of fused-ring (bicyclic) bond motifs is 1. The minimum Gasteiger partial charge on any atom is -0.335 e. The fourth-order valence-corrected chi connectivity index (χ4v) is 1.89. The van der Waals surface area contributed by atoms with Crippen molar-refractivity contribution in [2.75, 3.05) is 5.84 Å². The van der Waals surface area contributed by atoms with Gasteiger partial charge in [-0.3, -0.25) is 4.79 Å². The molecule has 1 aromatic carbocycles. The van der Waals surface area contributed by atoms with E-state index >= 15 is 0 Å². The number of halogens is 1. The lowest BCUT2D eigenvalue weighted by Crippen LogP contribution is -2.32. The van der Waals surface area contributed by atoms with Crippen LogP contribution in [0.1, 0.15) is 19.7 Å². The second-order valence-electron chi connectivity index (χ2n) is 4.46. The molecule has 4 nitrogen and oxygen atoms in total. The van der Waals surface area contributed by atoms with Crippen LogP contribution in [0.3, 0.4) is 0 Å². The third-order valence-electron chi connectivity index (χ3n) is 2.53. The molecule has 0 saturated carbocycles. The van der Waals surface area contributed by atoms with Crippen LogP contribution in [-0.4, -0.2) is 9.66 Å². The Morgan fingerprint density at radius 2 is 2.18 bits per heavy atom. The van der Waals surface area contributed by atoms with Gasteiger partial charge in [0.05, 0.1) is 10.9 Å². The number of hydrogen-bond donors (Lipinski definition) is 1. The molecule has 0 bridgehead atoms. The average Bonchev–Trinajstić information content (AvgIpc) is 2.24. The summed E-state index contributed by atoms with van der Waals surface area (Å²) in [5.41, 5.74) is 0.363. The molecule has 1 heterocycles. The molecule has 2 N–H and O–H groups in total. The lowest BCUT2D eigenvalue weighted by atomic mass is 10.1. The fraction of sp³-hybridized carbons (Fsp3) is 0.333. The second kappa shape index (κ2) is 4.37. The van der Waals surface area contributed by atoms with E-state index in [0.717, 1.165) is 4.68 Å². The minimum absolute atomic E-state index is 0.234. The minimum atomic E-state index is -0.234. The normalized spacial score (nSPS) is 11.3. The quantitative estimate of drug-likeness (QED) is 0.830. The molecule has 5 heteroatoms. The Kier molecular flexibility index (Phi) is 3.07. The van der Waals surface area contributed by atoms with E-state index in [1.54, 1.807) is 18.2 Å². The first kappa shape index (κ1) is 11.9. The van der Waals surface area contributed by atoms with Crippen molar-refractivity contribution in [3.8, 4) is 0 Å². The number of nitrogen functional groups attached to an aromatic ring is 1. The summed E-state index contributed by atoms with van der Waals surface area (Å²) in [6.07, 6.45) is 0.661. The summed E-state index contributed by atoms with van der Waals surface area (Å²) in [7, 11) is 0. The molecule has 0 fully saturated rings. The first-order chi connectivity index (χ1) is 7.99. The van der Waals surface area contributed by atoms with E-state index in [9.17, 15) is 4.79 Å². The maximum atomic E-state index is 12.0. The molecule has 0 amide bonds. The zero-order chi connectivity index (χ0) is 12.6. The van der Waals surface area contributed by atoms with Crippen LogP contribution in [0, 0.1) is 5.92 Å². The van der Waals surface area contributed by atoms with Gasteiger partial charge in [-0.25, -0.2) is 9.66 Å². The summed E-state index contributed by atoms with van der Waals surface area (Å²) in [5, 5.41) is 1.05. The highest BCUT2D eigenvalue weighted by atomic mass is 35.5. The van der Waals surface area contributed by atoms with Gasteiger partial charge in [0.1, 0.15) is 5.82 Å². The Bertz CT molecular complexity index is 619. The zero-order valence-corrected chi connectivity index (χ0v) is 10.5. The Morgan fingerprint density at radius 3 is 2.82 bits per heavy atom. The molecule has 0 saturated heterocycles. The molecule has 0 aliphatic heterocycles. The number of nitrogens with zero attached hydrogens (tertiary/aromatic N) is 2. The van der Waals surface area contributed by atoms with E-state index in [-0.39, 0.29) is 5.56 Å². The number of nitrogens with two attached hydrogens (primary N) is 1. The van der Waals surface area contributed by atoms with Crippen molar-refractivity contribution in [1.82, 2.24) is 9.66 Å². The molecule has 0 unspecified atom stereocenters. The third kappa shape index (κ3) is 2.26. The van der Waals surface area contributed by atoms with Crippen molar-refractivity contribution >= 4 is 22.5 Å². The first-order valence-corrected chi connectivity index (χ1v) is 5.83. The molecule has 0 aliphatic carbocycles. The van der Waals surface area contributed by atoms with Crippen LogP contribution >= 0.6 is 11.6 Å². The molecule has 1 aromatic heterocycles. The highest BCUT2D eigenvalue weighted by Gasteiger charge is 2.10. The number of hydrogen-bond acceptors (Lipinski definition) is 3. The van der Waals surface area contributed by atoms with Crippen LogP contribution < -0.4 is 11.4 Å². The topological polar surface area (TPSA) is 60.9 Å². The molecular weight excluding hydrogens is 238 g/mol. The van der Waals surface area contributed by atoms with Crippen LogP contribution in [0.15, 0.2) is 23.0 Å². The predicted molar refractivity (Wildman–Crippen MR) is 69.7 cm³/mol. The largest absolute Gasteiger partial charge is 0.335 e. The Labute approximate surface area is 104 Å². The lowest BCUT2D eigenvalue weighted by molar-refractivity contribution is 0.599. The Balaban J connectivity index is 2.71. The molecule has 90 valence electrons. The van der Waals surface area contributed by atoms with E-state index in [1.807, 2.05) is 13.8 Å². The summed E-state index contributed by atoms with van der Waals surface area (Å²) in [6, 6.07) is 4.99. The molecule has 0 atom stereocenters. The standard InChI is InChI=1S/C12H14ClN3O/c1-7(2)5-11-15-10-6-8(13)3-4-9(10)12(17)16(11)14/h3-4,6-7H,5,14H2,1-2H3.